The van der Waals surface area contributed by atoms with Crippen molar-refractivity contribution in [3.63, 3.8) is 0 Å². The molecule has 0 bridgehead atoms. The highest BCUT2D eigenvalue weighted by molar-refractivity contribution is 7.14. The van der Waals surface area contributed by atoms with Gasteiger partial charge in [0.05, 0.1) is 4.88 Å². The van der Waals surface area contributed by atoms with Gasteiger partial charge in [-0.1, -0.05) is 13.8 Å². The topological polar surface area (TPSA) is 17.1 Å². The van der Waals surface area contributed by atoms with Crippen LogP contribution in [0.15, 0.2) is 6.07 Å². The van der Waals surface area contributed by atoms with Crippen LogP contribution in [0, 0.1) is 12.8 Å². The zero-order valence-corrected chi connectivity index (χ0v) is 8.37. The Kier molecular flexibility index (Phi) is 1.62. The Hall–Kier alpha value is -0.630. The van der Waals surface area contributed by atoms with Crippen molar-refractivity contribution in [1.82, 2.24) is 0 Å². The van der Waals surface area contributed by atoms with Crippen molar-refractivity contribution in [2.45, 2.75) is 26.7 Å². The average molecular weight is 180 g/mol. The Morgan fingerprint density at radius 3 is 2.58 bits per heavy atom. The number of ketones is 1. The molecule has 1 aliphatic carbocycles. The molecule has 64 valence electrons. The van der Waals surface area contributed by atoms with Crippen LogP contribution < -0.4 is 0 Å². The largest absolute Gasteiger partial charge is 0.293 e. The lowest BCUT2D eigenvalue weighted by atomic mass is 9.96. The molecule has 0 aromatic carbocycles. The summed E-state index contributed by atoms with van der Waals surface area (Å²) in [6, 6.07) is 2.16. The van der Waals surface area contributed by atoms with E-state index in [-0.39, 0.29) is 5.92 Å². The maximum absolute atomic E-state index is 11.6. The molecule has 0 saturated carbocycles. The van der Waals surface area contributed by atoms with E-state index in [2.05, 4.69) is 19.9 Å². The fraction of sp³-hybridized carbons (Fsp3) is 0.500. The van der Waals surface area contributed by atoms with Gasteiger partial charge in [0.25, 0.3) is 0 Å². The van der Waals surface area contributed by atoms with Gasteiger partial charge in [-0.05, 0) is 24.5 Å². The number of thiophene rings is 1. The van der Waals surface area contributed by atoms with Gasteiger partial charge in [-0.2, -0.15) is 0 Å². The highest BCUT2D eigenvalue weighted by Gasteiger charge is 2.35. The van der Waals surface area contributed by atoms with Crippen LogP contribution >= 0.6 is 11.3 Å². The van der Waals surface area contributed by atoms with Gasteiger partial charge in [-0.3, -0.25) is 4.79 Å². The van der Waals surface area contributed by atoms with E-state index >= 15 is 0 Å². The maximum atomic E-state index is 11.6. The van der Waals surface area contributed by atoms with Crippen molar-refractivity contribution in [1.29, 1.82) is 0 Å². The van der Waals surface area contributed by atoms with Crippen LogP contribution in [0.4, 0.5) is 0 Å². The lowest BCUT2D eigenvalue weighted by Crippen LogP contribution is -2.06. The number of carbonyl (C=O) groups is 1. The lowest BCUT2D eigenvalue weighted by molar-refractivity contribution is 0.0940. The summed E-state index contributed by atoms with van der Waals surface area (Å²) in [5.74, 6) is 0.972. The molecule has 2 rings (SSSR count). The van der Waals surface area contributed by atoms with Crippen LogP contribution in [0.3, 0.4) is 0 Å². The number of hydrogen-bond donors (Lipinski definition) is 0. The molecule has 0 aliphatic heterocycles. The van der Waals surface area contributed by atoms with Gasteiger partial charge in [0.1, 0.15) is 0 Å². The Morgan fingerprint density at radius 1 is 1.33 bits per heavy atom. The van der Waals surface area contributed by atoms with E-state index in [9.17, 15) is 4.79 Å². The summed E-state index contributed by atoms with van der Waals surface area (Å²) in [6.45, 7) is 6.23. The van der Waals surface area contributed by atoms with E-state index in [0.29, 0.717) is 11.7 Å². The summed E-state index contributed by atoms with van der Waals surface area (Å²) in [6.07, 6.45) is 0. The summed E-state index contributed by atoms with van der Waals surface area (Å²) in [4.78, 5) is 13.9. The van der Waals surface area contributed by atoms with E-state index in [1.165, 1.54) is 10.4 Å². The average Bonchev–Trinajstić information content (AvgIpc) is 2.49. The van der Waals surface area contributed by atoms with Gasteiger partial charge in [0.2, 0.25) is 0 Å². The zero-order valence-electron chi connectivity index (χ0n) is 7.55. The smallest absolute Gasteiger partial charge is 0.176 e. The van der Waals surface area contributed by atoms with Crippen LogP contribution in [-0.2, 0) is 0 Å². The van der Waals surface area contributed by atoms with Gasteiger partial charge in [0.15, 0.2) is 5.78 Å². The zero-order chi connectivity index (χ0) is 8.88. The molecule has 0 N–H and O–H groups in total. The SMILES string of the molecule is Cc1cc2c(s1)C(=O)C(C)C2C. The molecule has 2 heteroatoms. The second-order valence-corrected chi connectivity index (χ2v) is 4.84. The van der Waals surface area contributed by atoms with Gasteiger partial charge >= 0.3 is 0 Å². The minimum Gasteiger partial charge on any atom is -0.293 e. The summed E-state index contributed by atoms with van der Waals surface area (Å²) in [7, 11) is 0. The van der Waals surface area contributed by atoms with Crippen LogP contribution in [0.1, 0.15) is 39.9 Å². The maximum Gasteiger partial charge on any atom is 0.176 e. The fourth-order valence-corrected chi connectivity index (χ4v) is 2.92. The second kappa shape index (κ2) is 2.43. The third-order valence-electron chi connectivity index (χ3n) is 2.76. The van der Waals surface area contributed by atoms with Crippen LogP contribution in [0.5, 0.6) is 0 Å². The lowest BCUT2D eigenvalue weighted by Gasteiger charge is -2.06. The molecule has 0 saturated heterocycles. The number of aryl methyl sites for hydroxylation is 1. The van der Waals surface area contributed by atoms with Crippen molar-refractivity contribution in [2.75, 3.05) is 0 Å². The first-order valence-corrected chi connectivity index (χ1v) is 5.07. The molecule has 1 nitrogen and oxygen atoms in total. The highest BCUT2D eigenvalue weighted by Crippen LogP contribution is 2.41. The molecule has 1 aromatic rings. The number of carbonyl (C=O) groups excluding carboxylic acids is 1. The molecule has 1 heterocycles. The van der Waals surface area contributed by atoms with Crippen molar-refractivity contribution < 1.29 is 4.79 Å². The van der Waals surface area contributed by atoms with Gasteiger partial charge in [-0.15, -0.1) is 11.3 Å². The van der Waals surface area contributed by atoms with E-state index in [0.717, 1.165) is 4.88 Å². The molecule has 1 aliphatic rings. The van der Waals surface area contributed by atoms with Gasteiger partial charge in [-0.25, -0.2) is 0 Å². The molecular weight excluding hydrogens is 168 g/mol. The summed E-state index contributed by atoms with van der Waals surface area (Å²) in [5.41, 5.74) is 1.27. The van der Waals surface area contributed by atoms with Crippen molar-refractivity contribution in [3.8, 4) is 0 Å². The quantitative estimate of drug-likeness (QED) is 0.600. The summed E-state index contributed by atoms with van der Waals surface area (Å²) < 4.78 is 0. The standard InChI is InChI=1S/C10H12OS/c1-5-4-8-6(2)7(3)9(11)10(8)12-5/h4,6-7H,1-3H3. The van der Waals surface area contributed by atoms with Crippen LogP contribution in [-0.4, -0.2) is 5.78 Å². The third kappa shape index (κ3) is 0.876. The predicted molar refractivity (Wildman–Crippen MR) is 51.0 cm³/mol. The Bertz CT molecular complexity index is 338. The number of Topliss-reactive ketones (excluding diaryl/α,β-unsaturated/α-hetero) is 1. The molecule has 1 aromatic heterocycles. The molecule has 2 unspecified atom stereocenters. The first kappa shape index (κ1) is 7.99. The molecule has 0 spiro atoms. The fourth-order valence-electron chi connectivity index (χ4n) is 1.77. The van der Waals surface area contributed by atoms with E-state index in [1.807, 2.05) is 6.92 Å². The van der Waals surface area contributed by atoms with Crippen LogP contribution in [0.2, 0.25) is 0 Å². The van der Waals surface area contributed by atoms with Gasteiger partial charge < -0.3 is 0 Å². The first-order valence-electron chi connectivity index (χ1n) is 4.26. The van der Waals surface area contributed by atoms with Crippen molar-refractivity contribution in [2.24, 2.45) is 5.92 Å². The Balaban J connectivity index is 2.57. The minimum atomic E-state index is 0.201. The Morgan fingerprint density at radius 2 is 2.00 bits per heavy atom. The van der Waals surface area contributed by atoms with Gasteiger partial charge in [0, 0.05) is 10.8 Å². The second-order valence-electron chi connectivity index (χ2n) is 3.58. The van der Waals surface area contributed by atoms with E-state index < -0.39 is 0 Å². The molecular formula is C10H12OS. The van der Waals surface area contributed by atoms with Crippen molar-refractivity contribution in [3.05, 3.63) is 21.4 Å². The predicted octanol–water partition coefficient (Wildman–Crippen LogP) is 2.99. The number of fused-ring (bicyclic) bond motifs is 1. The third-order valence-corrected chi connectivity index (χ3v) is 3.84. The first-order chi connectivity index (χ1) is 5.61. The highest BCUT2D eigenvalue weighted by atomic mass is 32.1. The van der Waals surface area contributed by atoms with Crippen molar-refractivity contribution >= 4 is 17.1 Å². The number of hydrogen-bond acceptors (Lipinski definition) is 2. The normalized spacial score (nSPS) is 27.8. The molecule has 0 amide bonds. The summed E-state index contributed by atoms with van der Waals surface area (Å²) >= 11 is 1.64. The van der Waals surface area contributed by atoms with E-state index in [4.69, 9.17) is 0 Å². The summed E-state index contributed by atoms with van der Waals surface area (Å²) in [5, 5.41) is 0. The Labute approximate surface area is 76.4 Å². The molecule has 12 heavy (non-hydrogen) atoms. The van der Waals surface area contributed by atoms with E-state index in [1.54, 1.807) is 11.3 Å². The molecule has 0 radical (unpaired) electrons. The molecule has 0 fully saturated rings. The number of rotatable bonds is 0. The minimum absolute atomic E-state index is 0.201. The van der Waals surface area contributed by atoms with Crippen LogP contribution in [0.25, 0.3) is 0 Å². The molecule has 2 atom stereocenters. The monoisotopic (exact) mass is 180 g/mol.